The van der Waals surface area contributed by atoms with E-state index in [1.807, 2.05) is 24.2 Å². The maximum atomic E-state index is 13.0. The van der Waals surface area contributed by atoms with Crippen LogP contribution in [0.5, 0.6) is 0 Å². The van der Waals surface area contributed by atoms with E-state index in [-0.39, 0.29) is 28.5 Å². The Labute approximate surface area is 166 Å². The van der Waals surface area contributed by atoms with Gasteiger partial charge in [0.15, 0.2) is 0 Å². The number of fused-ring (bicyclic) bond motifs is 2. The predicted octanol–water partition coefficient (Wildman–Crippen LogP) is 0.928. The van der Waals surface area contributed by atoms with Crippen LogP contribution in [0.3, 0.4) is 0 Å². The smallest absolute Gasteiger partial charge is 0.227 e. The fourth-order valence-electron chi connectivity index (χ4n) is 5.69. The number of aromatic nitrogens is 1. The lowest BCUT2D eigenvalue weighted by Crippen LogP contribution is -2.56. The van der Waals surface area contributed by atoms with Gasteiger partial charge in [0.1, 0.15) is 0 Å². The van der Waals surface area contributed by atoms with Crippen molar-refractivity contribution in [1.29, 1.82) is 0 Å². The first-order valence-electron chi connectivity index (χ1n) is 10.3. The van der Waals surface area contributed by atoms with E-state index in [0.29, 0.717) is 13.1 Å². The molecule has 152 valence electrons. The van der Waals surface area contributed by atoms with Crippen LogP contribution in [0.1, 0.15) is 31.2 Å². The molecule has 1 aliphatic carbocycles. The highest BCUT2D eigenvalue weighted by atomic mass is 32.2. The number of rotatable bonds is 4. The summed E-state index contributed by atoms with van der Waals surface area (Å²) < 4.78 is 26.9. The lowest BCUT2D eigenvalue weighted by atomic mass is 9.75. The Morgan fingerprint density at radius 2 is 1.96 bits per heavy atom. The highest BCUT2D eigenvalue weighted by Gasteiger charge is 2.61. The Kier molecular flexibility index (Phi) is 4.30. The summed E-state index contributed by atoms with van der Waals surface area (Å²) in [6, 6.07) is 4.02. The predicted molar refractivity (Wildman–Crippen MR) is 105 cm³/mol. The number of sulfonamides is 1. The van der Waals surface area contributed by atoms with Gasteiger partial charge in [-0.1, -0.05) is 6.07 Å². The minimum absolute atomic E-state index is 0.0354. The molecule has 2 atom stereocenters. The monoisotopic (exact) mass is 404 g/mol. The lowest BCUT2D eigenvalue weighted by molar-refractivity contribution is -0.133. The summed E-state index contributed by atoms with van der Waals surface area (Å²) in [5, 5.41) is -0.154. The summed E-state index contributed by atoms with van der Waals surface area (Å²) in [4.78, 5) is 21.5. The number of hydrogen-bond acceptors (Lipinski definition) is 5. The molecule has 4 aliphatic rings. The van der Waals surface area contributed by atoms with E-state index >= 15 is 0 Å². The molecule has 1 aromatic rings. The van der Waals surface area contributed by atoms with Crippen LogP contribution in [-0.4, -0.2) is 77.4 Å². The Morgan fingerprint density at radius 1 is 1.21 bits per heavy atom. The molecule has 1 amide bonds. The van der Waals surface area contributed by atoms with Crippen LogP contribution in [0.15, 0.2) is 24.5 Å². The molecule has 0 N–H and O–H groups in total. The molecule has 8 heteroatoms. The zero-order chi connectivity index (χ0) is 19.5. The van der Waals surface area contributed by atoms with Crippen LogP contribution >= 0.6 is 0 Å². The first-order chi connectivity index (χ1) is 13.4. The summed E-state index contributed by atoms with van der Waals surface area (Å²) in [6.45, 7) is 3.58. The Hall–Kier alpha value is -1.51. The molecule has 3 saturated heterocycles. The standard InChI is InChI=1S/C20H28N4O3S/c1-22-19(25)17-13-23(12-15-3-2-8-21-11-15)14-18(17)20(22)6-9-24(10-7-20)28(26,27)16-4-5-16/h2-3,8,11,16-18H,4-7,9-10,12-14H2,1H3/t17-,18+/m0/s1. The minimum atomic E-state index is -3.13. The number of likely N-dealkylation sites (tertiary alicyclic amines) is 2. The second-order valence-electron chi connectivity index (χ2n) is 8.91. The highest BCUT2D eigenvalue weighted by Crippen LogP contribution is 2.49. The van der Waals surface area contributed by atoms with E-state index in [1.165, 1.54) is 5.56 Å². The number of carbonyl (C=O) groups is 1. The number of hydrogen-bond donors (Lipinski definition) is 0. The van der Waals surface area contributed by atoms with Crippen LogP contribution in [0.25, 0.3) is 0 Å². The summed E-state index contributed by atoms with van der Waals surface area (Å²) in [6.07, 6.45) is 6.77. The van der Waals surface area contributed by atoms with Gasteiger partial charge in [-0.3, -0.25) is 14.7 Å². The van der Waals surface area contributed by atoms with Crippen LogP contribution in [0.2, 0.25) is 0 Å². The van der Waals surface area contributed by atoms with Crippen molar-refractivity contribution in [2.75, 3.05) is 33.2 Å². The molecule has 0 unspecified atom stereocenters. The van der Waals surface area contributed by atoms with Crippen molar-refractivity contribution in [2.45, 2.75) is 43.0 Å². The molecule has 0 bridgehead atoms. The maximum absolute atomic E-state index is 13.0. The summed E-state index contributed by atoms with van der Waals surface area (Å²) in [5.74, 6) is 0.554. The third kappa shape index (κ3) is 2.80. The van der Waals surface area contributed by atoms with Crippen LogP contribution < -0.4 is 0 Å². The number of nitrogens with zero attached hydrogens (tertiary/aromatic N) is 4. The molecule has 1 aromatic heterocycles. The van der Waals surface area contributed by atoms with Crippen molar-refractivity contribution in [3.05, 3.63) is 30.1 Å². The lowest BCUT2D eigenvalue weighted by Gasteiger charge is -2.46. The normalized spacial score (nSPS) is 30.9. The van der Waals surface area contributed by atoms with Crippen molar-refractivity contribution < 1.29 is 13.2 Å². The molecule has 4 heterocycles. The first-order valence-corrected chi connectivity index (χ1v) is 11.8. The van der Waals surface area contributed by atoms with Gasteiger partial charge in [-0.25, -0.2) is 12.7 Å². The van der Waals surface area contributed by atoms with Crippen LogP contribution in [-0.2, 0) is 21.4 Å². The number of amides is 1. The third-order valence-corrected chi connectivity index (χ3v) is 9.82. The van der Waals surface area contributed by atoms with Gasteiger partial charge in [0.25, 0.3) is 0 Å². The highest BCUT2D eigenvalue weighted by molar-refractivity contribution is 7.90. The van der Waals surface area contributed by atoms with Gasteiger partial charge < -0.3 is 4.90 Å². The van der Waals surface area contributed by atoms with E-state index in [4.69, 9.17) is 0 Å². The molecule has 4 fully saturated rings. The van der Waals surface area contributed by atoms with Crippen molar-refractivity contribution in [3.63, 3.8) is 0 Å². The SMILES string of the molecule is CN1C(=O)[C@H]2CN(Cc3cccnc3)C[C@H]2C12CCN(S(=O)(=O)C1CC1)CC2. The minimum Gasteiger partial charge on any atom is -0.339 e. The molecule has 28 heavy (non-hydrogen) atoms. The summed E-state index contributed by atoms with van der Waals surface area (Å²) >= 11 is 0. The van der Waals surface area contributed by atoms with Gasteiger partial charge in [-0.2, -0.15) is 0 Å². The number of carbonyl (C=O) groups excluding carboxylic acids is 1. The van der Waals surface area contributed by atoms with Crippen molar-refractivity contribution in [1.82, 2.24) is 19.1 Å². The van der Waals surface area contributed by atoms with E-state index in [9.17, 15) is 13.2 Å². The summed E-state index contributed by atoms with van der Waals surface area (Å²) in [7, 11) is -1.20. The average Bonchev–Trinajstić information content (AvgIpc) is 3.46. The largest absolute Gasteiger partial charge is 0.339 e. The van der Waals surface area contributed by atoms with Gasteiger partial charge in [-0.05, 0) is 37.3 Å². The molecular weight excluding hydrogens is 376 g/mol. The molecule has 0 radical (unpaired) electrons. The molecule has 0 aromatic carbocycles. The van der Waals surface area contributed by atoms with Gasteiger partial charge in [-0.15, -0.1) is 0 Å². The van der Waals surface area contributed by atoms with Crippen molar-refractivity contribution in [3.8, 4) is 0 Å². The van der Waals surface area contributed by atoms with E-state index in [0.717, 1.165) is 45.3 Å². The summed E-state index contributed by atoms with van der Waals surface area (Å²) in [5.41, 5.74) is 0.976. The Balaban J connectivity index is 1.32. The molecule has 3 aliphatic heterocycles. The average molecular weight is 405 g/mol. The topological polar surface area (TPSA) is 73.8 Å². The maximum Gasteiger partial charge on any atom is 0.227 e. The first kappa shape index (κ1) is 18.5. The fraction of sp³-hybridized carbons (Fsp3) is 0.700. The van der Waals surface area contributed by atoms with Gasteiger partial charge in [0.05, 0.1) is 11.2 Å². The van der Waals surface area contributed by atoms with E-state index in [2.05, 4.69) is 16.0 Å². The zero-order valence-electron chi connectivity index (χ0n) is 16.3. The van der Waals surface area contributed by atoms with E-state index in [1.54, 1.807) is 10.5 Å². The quantitative estimate of drug-likeness (QED) is 0.746. The second kappa shape index (κ2) is 6.50. The Morgan fingerprint density at radius 3 is 2.61 bits per heavy atom. The van der Waals surface area contributed by atoms with Gasteiger partial charge >= 0.3 is 0 Å². The fourth-order valence-corrected chi connectivity index (χ4v) is 7.53. The zero-order valence-corrected chi connectivity index (χ0v) is 17.1. The molecule has 7 nitrogen and oxygen atoms in total. The van der Waals surface area contributed by atoms with Crippen molar-refractivity contribution in [2.24, 2.45) is 11.8 Å². The number of pyridine rings is 1. The molecular formula is C20H28N4O3S. The molecule has 1 saturated carbocycles. The van der Waals surface area contributed by atoms with Crippen LogP contribution in [0.4, 0.5) is 0 Å². The second-order valence-corrected chi connectivity index (χ2v) is 11.1. The molecule has 5 rings (SSSR count). The van der Waals surface area contributed by atoms with Crippen molar-refractivity contribution >= 4 is 15.9 Å². The van der Waals surface area contributed by atoms with E-state index < -0.39 is 10.0 Å². The van der Waals surface area contributed by atoms with Crippen LogP contribution in [0, 0.1) is 11.8 Å². The molecule has 1 spiro atoms. The van der Waals surface area contributed by atoms with Gasteiger partial charge in [0.2, 0.25) is 15.9 Å². The third-order valence-electron chi connectivity index (χ3n) is 7.42. The Bertz CT molecular complexity index is 863. The van der Waals surface area contributed by atoms with Gasteiger partial charge in [0, 0.05) is 63.6 Å². The number of piperidine rings is 1.